The van der Waals surface area contributed by atoms with E-state index in [1.807, 2.05) is 17.2 Å². The van der Waals surface area contributed by atoms with E-state index in [-0.39, 0.29) is 35.7 Å². The number of likely N-dealkylation sites (N-methyl/N-ethyl adjacent to an activating group) is 1. The van der Waals surface area contributed by atoms with E-state index in [2.05, 4.69) is 30.7 Å². The quantitative estimate of drug-likeness (QED) is 0.287. The molecule has 4 N–H and O–H groups in total. The van der Waals surface area contributed by atoms with Crippen LogP contribution in [0, 0.1) is 0 Å². The van der Waals surface area contributed by atoms with Gasteiger partial charge in [-0.3, -0.25) is 9.89 Å². The molecule has 2 aromatic heterocycles. The van der Waals surface area contributed by atoms with Gasteiger partial charge in [-0.15, -0.1) is 0 Å². The van der Waals surface area contributed by atoms with Gasteiger partial charge in [0.05, 0.1) is 18.2 Å². The van der Waals surface area contributed by atoms with Gasteiger partial charge in [0, 0.05) is 31.0 Å². The molecule has 38 heavy (non-hydrogen) atoms. The predicted octanol–water partition coefficient (Wildman–Crippen LogP) is 3.80. The molecule has 13 heteroatoms. The average molecular weight is 525 g/mol. The van der Waals surface area contributed by atoms with Crippen LogP contribution in [-0.2, 0) is 12.6 Å². The third kappa shape index (κ3) is 5.13. The Bertz CT molecular complexity index is 1460. The number of fused-ring (bicyclic) bond motifs is 1. The molecule has 0 bridgehead atoms. The van der Waals surface area contributed by atoms with Crippen molar-refractivity contribution in [3.63, 3.8) is 0 Å². The number of aromatic nitrogens is 5. The smallest absolute Gasteiger partial charge is 0.394 e. The minimum absolute atomic E-state index is 0.0504. The number of aliphatic hydroxyl groups is 1. The molecule has 4 aromatic rings. The molecule has 0 fully saturated rings. The SMILES string of the molecule is CN1CCc2cc(Nc3ncc(-c4n[nH]c(C(F)(F)F)n4)c(N[C@H](CO)c4ccccc4)n3)ccc2C1=O. The summed E-state index contributed by atoms with van der Waals surface area (Å²) in [5.74, 6) is -1.30. The van der Waals surface area contributed by atoms with Crippen LogP contribution in [0.25, 0.3) is 11.4 Å². The average Bonchev–Trinajstić information content (AvgIpc) is 3.41. The summed E-state index contributed by atoms with van der Waals surface area (Å²) in [5, 5.41) is 21.8. The lowest BCUT2D eigenvalue weighted by Gasteiger charge is -2.25. The zero-order chi connectivity index (χ0) is 26.9. The first-order valence-corrected chi connectivity index (χ1v) is 11.7. The van der Waals surface area contributed by atoms with Crippen molar-refractivity contribution in [2.45, 2.75) is 18.6 Å². The highest BCUT2D eigenvalue weighted by Gasteiger charge is 2.35. The highest BCUT2D eigenvalue weighted by molar-refractivity contribution is 5.97. The lowest BCUT2D eigenvalue weighted by atomic mass is 9.99. The van der Waals surface area contributed by atoms with Gasteiger partial charge in [-0.1, -0.05) is 30.3 Å². The third-order valence-corrected chi connectivity index (χ3v) is 6.13. The molecule has 5 rings (SSSR count). The number of halogens is 3. The van der Waals surface area contributed by atoms with Crippen LogP contribution in [0.3, 0.4) is 0 Å². The number of rotatable bonds is 7. The van der Waals surface area contributed by atoms with Gasteiger partial charge in [-0.25, -0.2) is 9.97 Å². The number of benzene rings is 2. The highest BCUT2D eigenvalue weighted by Crippen LogP contribution is 2.32. The Morgan fingerprint density at radius 2 is 1.92 bits per heavy atom. The fourth-order valence-electron chi connectivity index (χ4n) is 4.12. The molecule has 0 spiro atoms. The minimum Gasteiger partial charge on any atom is -0.394 e. The number of hydrogen-bond donors (Lipinski definition) is 4. The second-order valence-electron chi connectivity index (χ2n) is 8.73. The van der Waals surface area contributed by atoms with Crippen LogP contribution in [0.4, 0.5) is 30.6 Å². The molecule has 1 atom stereocenters. The normalized spacial score (nSPS) is 14.2. The zero-order valence-electron chi connectivity index (χ0n) is 20.1. The minimum atomic E-state index is -4.71. The van der Waals surface area contributed by atoms with Gasteiger partial charge >= 0.3 is 6.18 Å². The number of nitrogens with one attached hydrogen (secondary N) is 3. The molecule has 1 aliphatic heterocycles. The predicted molar refractivity (Wildman–Crippen MR) is 133 cm³/mol. The summed E-state index contributed by atoms with van der Waals surface area (Å²) in [6.45, 7) is 0.290. The monoisotopic (exact) mass is 524 g/mol. The molecule has 2 aromatic carbocycles. The fourth-order valence-corrected chi connectivity index (χ4v) is 4.12. The lowest BCUT2D eigenvalue weighted by Crippen LogP contribution is -2.34. The Kier molecular flexibility index (Phi) is 6.68. The molecule has 1 amide bonds. The zero-order valence-corrected chi connectivity index (χ0v) is 20.1. The summed E-state index contributed by atoms with van der Waals surface area (Å²) in [7, 11) is 1.75. The number of carbonyl (C=O) groups is 1. The van der Waals surface area contributed by atoms with Gasteiger partial charge in [-0.2, -0.15) is 23.3 Å². The Morgan fingerprint density at radius 3 is 2.63 bits per heavy atom. The Hall–Kier alpha value is -4.52. The lowest BCUT2D eigenvalue weighted by molar-refractivity contribution is -0.144. The van der Waals surface area contributed by atoms with Crippen LogP contribution < -0.4 is 10.6 Å². The van der Waals surface area contributed by atoms with E-state index in [9.17, 15) is 23.1 Å². The molecule has 0 saturated carbocycles. The molecule has 0 aliphatic carbocycles. The maximum absolute atomic E-state index is 13.1. The number of aliphatic hydroxyl groups excluding tert-OH is 1. The Balaban J connectivity index is 1.49. The number of nitrogens with zero attached hydrogens (tertiary/aromatic N) is 5. The summed E-state index contributed by atoms with van der Waals surface area (Å²) in [4.78, 5) is 26.3. The Labute approximate surface area is 215 Å². The van der Waals surface area contributed by atoms with E-state index in [1.54, 1.807) is 48.3 Å². The molecule has 10 nitrogen and oxygen atoms in total. The van der Waals surface area contributed by atoms with E-state index in [4.69, 9.17) is 0 Å². The number of alkyl halides is 3. The van der Waals surface area contributed by atoms with Crippen LogP contribution >= 0.6 is 0 Å². The summed E-state index contributed by atoms with van der Waals surface area (Å²) < 4.78 is 39.4. The van der Waals surface area contributed by atoms with E-state index in [1.165, 1.54) is 6.20 Å². The first-order valence-electron chi connectivity index (χ1n) is 11.7. The molecule has 0 saturated heterocycles. The molecular formula is C25H23F3N8O2. The van der Waals surface area contributed by atoms with Crippen molar-refractivity contribution < 1.29 is 23.1 Å². The van der Waals surface area contributed by atoms with Crippen LogP contribution in [0.5, 0.6) is 0 Å². The number of amides is 1. The van der Waals surface area contributed by atoms with Crippen molar-refractivity contribution in [3.8, 4) is 11.4 Å². The van der Waals surface area contributed by atoms with Gasteiger partial charge in [0.1, 0.15) is 5.82 Å². The molecule has 3 heterocycles. The number of anilines is 3. The van der Waals surface area contributed by atoms with Crippen molar-refractivity contribution in [2.24, 2.45) is 0 Å². The van der Waals surface area contributed by atoms with E-state index < -0.39 is 18.0 Å². The van der Waals surface area contributed by atoms with Gasteiger partial charge in [0.25, 0.3) is 5.91 Å². The summed E-state index contributed by atoms with van der Waals surface area (Å²) in [6.07, 6.45) is -2.71. The first-order chi connectivity index (χ1) is 18.2. The fraction of sp³-hybridized carbons (Fsp3) is 0.240. The van der Waals surface area contributed by atoms with E-state index in [0.29, 0.717) is 24.2 Å². The highest BCUT2D eigenvalue weighted by atomic mass is 19.4. The van der Waals surface area contributed by atoms with Crippen LogP contribution in [0.2, 0.25) is 0 Å². The molecule has 1 aliphatic rings. The largest absolute Gasteiger partial charge is 0.451 e. The van der Waals surface area contributed by atoms with Gasteiger partial charge in [0.15, 0.2) is 5.82 Å². The van der Waals surface area contributed by atoms with Crippen molar-refractivity contribution in [1.82, 2.24) is 30.0 Å². The summed E-state index contributed by atoms with van der Waals surface area (Å²) in [5.41, 5.74) is 3.00. The molecule has 0 unspecified atom stereocenters. The van der Waals surface area contributed by atoms with E-state index in [0.717, 1.165) is 11.1 Å². The number of carbonyl (C=O) groups excluding carboxylic acids is 1. The third-order valence-electron chi connectivity index (χ3n) is 6.13. The molecular weight excluding hydrogens is 501 g/mol. The number of hydrogen-bond acceptors (Lipinski definition) is 8. The van der Waals surface area contributed by atoms with Crippen LogP contribution in [0.1, 0.15) is 33.4 Å². The van der Waals surface area contributed by atoms with Crippen LogP contribution in [0.15, 0.2) is 54.7 Å². The summed E-state index contributed by atoms with van der Waals surface area (Å²) >= 11 is 0. The van der Waals surface area contributed by atoms with Gasteiger partial charge in [-0.05, 0) is 35.7 Å². The van der Waals surface area contributed by atoms with Crippen molar-refractivity contribution >= 4 is 23.4 Å². The standard InChI is InChI=1S/C25H23F3N8O2/c1-36-10-9-15-11-16(7-8-17(15)22(36)38)30-24-29-12-18(21-32-23(35-34-21)25(26,27)28)20(33-24)31-19(13-37)14-5-3-2-4-6-14/h2-8,11-12,19,37H,9-10,13H2,1H3,(H,32,34,35)(H2,29,30,31,33)/t19-/m1/s1. The number of H-pyrrole nitrogens is 1. The maximum atomic E-state index is 13.1. The second-order valence-corrected chi connectivity index (χ2v) is 8.73. The maximum Gasteiger partial charge on any atom is 0.451 e. The van der Waals surface area contributed by atoms with Gasteiger partial charge < -0.3 is 20.6 Å². The van der Waals surface area contributed by atoms with Gasteiger partial charge in [0.2, 0.25) is 11.8 Å². The Morgan fingerprint density at radius 1 is 1.13 bits per heavy atom. The van der Waals surface area contributed by atoms with E-state index >= 15 is 0 Å². The first kappa shape index (κ1) is 25.1. The van der Waals surface area contributed by atoms with Crippen LogP contribution in [-0.4, -0.2) is 61.3 Å². The van der Waals surface area contributed by atoms with Crippen molar-refractivity contribution in [3.05, 3.63) is 77.2 Å². The molecule has 196 valence electrons. The van der Waals surface area contributed by atoms with Crippen molar-refractivity contribution in [1.29, 1.82) is 0 Å². The van der Waals surface area contributed by atoms with Crippen molar-refractivity contribution in [2.75, 3.05) is 30.8 Å². The second kappa shape index (κ2) is 10.1. The number of aromatic amines is 1. The topological polar surface area (TPSA) is 132 Å². The summed E-state index contributed by atoms with van der Waals surface area (Å²) in [6, 6.07) is 13.7. The molecule has 0 radical (unpaired) electrons.